The number of H-pyrrole nitrogens is 1. The van der Waals surface area contributed by atoms with Crippen LogP contribution in [-0.2, 0) is 0 Å². The zero-order valence-electron chi connectivity index (χ0n) is 9.77. The van der Waals surface area contributed by atoms with Crippen molar-refractivity contribution in [2.24, 2.45) is 0 Å². The van der Waals surface area contributed by atoms with Gasteiger partial charge in [0, 0.05) is 29.8 Å². The van der Waals surface area contributed by atoms with E-state index in [1.807, 2.05) is 6.26 Å². The Morgan fingerprint density at radius 3 is 2.88 bits per heavy atom. The van der Waals surface area contributed by atoms with Crippen LogP contribution in [-0.4, -0.2) is 40.2 Å². The van der Waals surface area contributed by atoms with Crippen LogP contribution in [0.5, 0.6) is 0 Å². The van der Waals surface area contributed by atoms with Gasteiger partial charge in [0.05, 0.1) is 6.61 Å². The fourth-order valence-electron chi connectivity index (χ4n) is 1.41. The molecule has 0 spiro atoms. The number of aromatic amines is 1. The number of rotatable bonds is 5. The molecule has 0 aliphatic rings. The molecule has 0 saturated carbocycles. The first kappa shape index (κ1) is 13.8. The van der Waals surface area contributed by atoms with Crippen LogP contribution in [0.15, 0.2) is 23.3 Å². The molecule has 1 aromatic rings. The number of pyridine rings is 1. The zero-order valence-corrected chi connectivity index (χ0v) is 10.6. The summed E-state index contributed by atoms with van der Waals surface area (Å²) in [6, 6.07) is 1.10. The summed E-state index contributed by atoms with van der Waals surface area (Å²) in [7, 11) is 0. The molecule has 1 rings (SSSR count). The van der Waals surface area contributed by atoms with Gasteiger partial charge in [-0.1, -0.05) is 0 Å². The lowest BCUT2D eigenvalue weighted by Gasteiger charge is -2.21. The highest BCUT2D eigenvalue weighted by Gasteiger charge is 2.19. The van der Waals surface area contributed by atoms with Gasteiger partial charge in [0.25, 0.3) is 5.91 Å². The van der Waals surface area contributed by atoms with Crippen LogP contribution >= 0.6 is 11.8 Å². The van der Waals surface area contributed by atoms with Crippen LogP contribution < -0.4 is 10.7 Å². The van der Waals surface area contributed by atoms with Crippen LogP contribution in [0.3, 0.4) is 0 Å². The molecule has 0 radical (unpaired) electrons. The smallest absolute Gasteiger partial charge is 0.256 e. The van der Waals surface area contributed by atoms with Crippen molar-refractivity contribution in [2.75, 3.05) is 12.9 Å². The molecular formula is C11H16N2O3S. The summed E-state index contributed by atoms with van der Waals surface area (Å²) in [6.07, 6.45) is 4.71. The molecule has 6 heteroatoms. The number of aromatic nitrogens is 1. The zero-order chi connectivity index (χ0) is 12.8. The van der Waals surface area contributed by atoms with Gasteiger partial charge in [-0.15, -0.1) is 0 Å². The molecule has 0 bridgehead atoms. The van der Waals surface area contributed by atoms with Crippen molar-refractivity contribution in [1.82, 2.24) is 10.3 Å². The average Bonchev–Trinajstić information content (AvgIpc) is 2.31. The number of carbonyl (C=O) groups excluding carboxylic acids is 1. The number of hydrogen-bond acceptors (Lipinski definition) is 4. The van der Waals surface area contributed by atoms with Gasteiger partial charge in [-0.05, 0) is 13.2 Å². The van der Waals surface area contributed by atoms with Crippen LogP contribution in [0.4, 0.5) is 0 Å². The third-order valence-electron chi connectivity index (χ3n) is 2.47. The molecule has 2 unspecified atom stereocenters. The summed E-state index contributed by atoms with van der Waals surface area (Å²) in [5, 5.41) is 11.7. The third-order valence-corrected chi connectivity index (χ3v) is 3.63. The molecule has 94 valence electrons. The van der Waals surface area contributed by atoms with E-state index in [2.05, 4.69) is 10.3 Å². The molecule has 1 amide bonds. The number of amides is 1. The molecule has 0 saturated heterocycles. The van der Waals surface area contributed by atoms with Crippen molar-refractivity contribution in [2.45, 2.75) is 18.2 Å². The number of aliphatic hydroxyl groups excluding tert-OH is 1. The molecule has 1 heterocycles. The summed E-state index contributed by atoms with van der Waals surface area (Å²) >= 11 is 1.47. The Morgan fingerprint density at radius 1 is 1.65 bits per heavy atom. The third kappa shape index (κ3) is 3.61. The van der Waals surface area contributed by atoms with Gasteiger partial charge in [0.1, 0.15) is 5.56 Å². The van der Waals surface area contributed by atoms with E-state index < -0.39 is 5.91 Å². The standard InChI is InChI=1S/C11H16N2O3S/c1-7(10(6-14)17-2)13-11(16)8-5-12-4-3-9(8)15/h3-5,7,10,14H,6H2,1-2H3,(H,12,15)(H,13,16). The second-order valence-corrected chi connectivity index (χ2v) is 4.72. The van der Waals surface area contributed by atoms with E-state index in [-0.39, 0.29) is 28.9 Å². The van der Waals surface area contributed by atoms with Crippen molar-refractivity contribution < 1.29 is 9.90 Å². The van der Waals surface area contributed by atoms with Crippen LogP contribution in [0.1, 0.15) is 17.3 Å². The quantitative estimate of drug-likeness (QED) is 0.703. The molecule has 0 aliphatic heterocycles. The highest BCUT2D eigenvalue weighted by molar-refractivity contribution is 7.99. The van der Waals surface area contributed by atoms with Gasteiger partial charge in [-0.25, -0.2) is 0 Å². The predicted molar refractivity (Wildman–Crippen MR) is 68.4 cm³/mol. The Labute approximate surface area is 104 Å². The largest absolute Gasteiger partial charge is 0.395 e. The lowest BCUT2D eigenvalue weighted by atomic mass is 10.2. The summed E-state index contributed by atoms with van der Waals surface area (Å²) in [5.41, 5.74) is -0.240. The number of nitrogens with one attached hydrogen (secondary N) is 2. The molecule has 5 nitrogen and oxygen atoms in total. The lowest BCUT2D eigenvalue weighted by molar-refractivity contribution is 0.0934. The SMILES string of the molecule is CSC(CO)C(C)NC(=O)c1c[nH]ccc1=O. The van der Waals surface area contributed by atoms with Crippen molar-refractivity contribution in [3.05, 3.63) is 34.2 Å². The van der Waals surface area contributed by atoms with E-state index in [4.69, 9.17) is 5.11 Å². The van der Waals surface area contributed by atoms with Crippen LogP contribution in [0.2, 0.25) is 0 Å². The van der Waals surface area contributed by atoms with Crippen molar-refractivity contribution >= 4 is 17.7 Å². The minimum atomic E-state index is -0.424. The van der Waals surface area contributed by atoms with Crippen molar-refractivity contribution in [1.29, 1.82) is 0 Å². The fourth-order valence-corrected chi connectivity index (χ4v) is 2.03. The second kappa shape index (κ2) is 6.46. The highest BCUT2D eigenvalue weighted by atomic mass is 32.2. The molecule has 0 fully saturated rings. The first-order valence-electron chi connectivity index (χ1n) is 5.21. The molecule has 0 aromatic carbocycles. The summed E-state index contributed by atoms with van der Waals surface area (Å²) in [6.45, 7) is 1.78. The van der Waals surface area contributed by atoms with Crippen LogP contribution in [0.25, 0.3) is 0 Å². The van der Waals surface area contributed by atoms with E-state index in [1.165, 1.54) is 30.2 Å². The van der Waals surface area contributed by atoms with E-state index in [9.17, 15) is 9.59 Å². The van der Waals surface area contributed by atoms with Gasteiger partial charge in [-0.2, -0.15) is 11.8 Å². The Hall–Kier alpha value is -1.27. The normalized spacial score (nSPS) is 14.1. The summed E-state index contributed by atoms with van der Waals surface area (Å²) in [5.74, 6) is -0.424. The lowest BCUT2D eigenvalue weighted by Crippen LogP contribution is -2.42. The molecular weight excluding hydrogens is 240 g/mol. The minimum absolute atomic E-state index is 0.0201. The second-order valence-electron chi connectivity index (χ2n) is 3.64. The highest BCUT2D eigenvalue weighted by Crippen LogP contribution is 2.10. The monoisotopic (exact) mass is 256 g/mol. The minimum Gasteiger partial charge on any atom is -0.395 e. The van der Waals surface area contributed by atoms with E-state index in [1.54, 1.807) is 6.92 Å². The Morgan fingerprint density at radius 2 is 2.35 bits per heavy atom. The van der Waals surface area contributed by atoms with E-state index in [0.717, 1.165) is 0 Å². The Kier molecular flexibility index (Phi) is 5.24. The maximum atomic E-state index is 11.8. The summed E-state index contributed by atoms with van der Waals surface area (Å²) < 4.78 is 0. The first-order chi connectivity index (χ1) is 8.10. The van der Waals surface area contributed by atoms with Gasteiger partial charge in [-0.3, -0.25) is 9.59 Å². The molecule has 2 atom stereocenters. The van der Waals surface area contributed by atoms with E-state index in [0.29, 0.717) is 0 Å². The maximum Gasteiger partial charge on any atom is 0.256 e. The predicted octanol–water partition coefficient (Wildman–Crippen LogP) is 0.217. The van der Waals surface area contributed by atoms with Gasteiger partial charge in [0.2, 0.25) is 0 Å². The van der Waals surface area contributed by atoms with E-state index >= 15 is 0 Å². The Balaban J connectivity index is 2.73. The molecule has 3 N–H and O–H groups in total. The topological polar surface area (TPSA) is 82.2 Å². The number of hydrogen-bond donors (Lipinski definition) is 3. The van der Waals surface area contributed by atoms with Gasteiger partial charge < -0.3 is 15.4 Å². The molecule has 0 aliphatic carbocycles. The van der Waals surface area contributed by atoms with Crippen LogP contribution in [0, 0.1) is 0 Å². The van der Waals surface area contributed by atoms with Gasteiger partial charge in [0.15, 0.2) is 5.43 Å². The number of carbonyl (C=O) groups is 1. The van der Waals surface area contributed by atoms with Crippen molar-refractivity contribution in [3.63, 3.8) is 0 Å². The fraction of sp³-hybridized carbons (Fsp3) is 0.455. The first-order valence-corrected chi connectivity index (χ1v) is 6.50. The molecule has 17 heavy (non-hydrogen) atoms. The van der Waals surface area contributed by atoms with Crippen molar-refractivity contribution in [3.8, 4) is 0 Å². The average molecular weight is 256 g/mol. The molecule has 1 aromatic heterocycles. The van der Waals surface area contributed by atoms with Gasteiger partial charge >= 0.3 is 0 Å². The Bertz CT molecular complexity index is 429. The maximum absolute atomic E-state index is 11.8. The number of thioether (sulfide) groups is 1. The summed E-state index contributed by atoms with van der Waals surface area (Å²) in [4.78, 5) is 25.9. The number of aliphatic hydroxyl groups is 1.